The maximum atomic E-state index is 12.4. The Kier molecular flexibility index (Phi) is 5.97. The quantitative estimate of drug-likeness (QED) is 0.825. The standard InChI is InChI=1S/C18H22N2O3/c1-3-16(14-8-5-4-6-9-14)18(22)20-13(2)17(21)19-12-15-10-7-11-23-15/h4-11,13,16H,3,12H2,1-2H3,(H,19,21)(H,20,22)/t13-,16-/m1/s1. The van der Waals surface area contributed by atoms with Gasteiger partial charge in [-0.05, 0) is 31.0 Å². The topological polar surface area (TPSA) is 71.3 Å². The Morgan fingerprint density at radius 1 is 1.09 bits per heavy atom. The zero-order valence-corrected chi connectivity index (χ0v) is 13.4. The van der Waals surface area contributed by atoms with Gasteiger partial charge in [-0.25, -0.2) is 0 Å². The van der Waals surface area contributed by atoms with E-state index in [-0.39, 0.29) is 17.7 Å². The van der Waals surface area contributed by atoms with Crippen molar-refractivity contribution < 1.29 is 14.0 Å². The zero-order chi connectivity index (χ0) is 16.7. The van der Waals surface area contributed by atoms with Gasteiger partial charge in [0, 0.05) is 0 Å². The zero-order valence-electron chi connectivity index (χ0n) is 13.4. The molecular weight excluding hydrogens is 292 g/mol. The SMILES string of the molecule is CC[C@@H](C(=O)N[C@H](C)C(=O)NCc1ccco1)c1ccccc1. The summed E-state index contributed by atoms with van der Waals surface area (Å²) < 4.78 is 5.16. The summed E-state index contributed by atoms with van der Waals surface area (Å²) in [4.78, 5) is 24.5. The first-order chi connectivity index (χ1) is 11.1. The third-order valence-electron chi connectivity index (χ3n) is 3.70. The van der Waals surface area contributed by atoms with Gasteiger partial charge in [-0.2, -0.15) is 0 Å². The van der Waals surface area contributed by atoms with Crippen molar-refractivity contribution in [2.45, 2.75) is 38.8 Å². The number of hydrogen-bond acceptors (Lipinski definition) is 3. The van der Waals surface area contributed by atoms with E-state index in [1.165, 1.54) is 0 Å². The second-order valence-corrected chi connectivity index (χ2v) is 5.40. The highest BCUT2D eigenvalue weighted by atomic mass is 16.3. The van der Waals surface area contributed by atoms with Gasteiger partial charge in [0.2, 0.25) is 11.8 Å². The molecule has 23 heavy (non-hydrogen) atoms. The number of carbonyl (C=O) groups excluding carboxylic acids is 2. The molecule has 1 heterocycles. The lowest BCUT2D eigenvalue weighted by Gasteiger charge is -2.19. The number of furan rings is 1. The number of carbonyl (C=O) groups is 2. The molecule has 0 aliphatic carbocycles. The van der Waals surface area contributed by atoms with Crippen LogP contribution in [0.3, 0.4) is 0 Å². The van der Waals surface area contributed by atoms with E-state index in [1.54, 1.807) is 25.3 Å². The largest absolute Gasteiger partial charge is 0.467 e. The van der Waals surface area contributed by atoms with Gasteiger partial charge < -0.3 is 15.1 Å². The van der Waals surface area contributed by atoms with Crippen molar-refractivity contribution in [2.75, 3.05) is 0 Å². The molecule has 5 heteroatoms. The maximum Gasteiger partial charge on any atom is 0.242 e. The van der Waals surface area contributed by atoms with E-state index < -0.39 is 6.04 Å². The summed E-state index contributed by atoms with van der Waals surface area (Å²) in [7, 11) is 0. The molecule has 5 nitrogen and oxygen atoms in total. The minimum absolute atomic E-state index is 0.139. The summed E-state index contributed by atoms with van der Waals surface area (Å²) in [6.07, 6.45) is 2.23. The molecule has 2 aromatic rings. The van der Waals surface area contributed by atoms with Crippen LogP contribution in [0.5, 0.6) is 0 Å². The van der Waals surface area contributed by atoms with Crippen LogP contribution in [-0.2, 0) is 16.1 Å². The first-order valence-corrected chi connectivity index (χ1v) is 7.77. The number of rotatable bonds is 7. The molecule has 0 fully saturated rings. The predicted octanol–water partition coefficient (Wildman–Crippen LogP) is 2.59. The summed E-state index contributed by atoms with van der Waals surface area (Å²) in [5.74, 6) is 0.0427. The Morgan fingerprint density at radius 2 is 1.83 bits per heavy atom. The fourth-order valence-electron chi connectivity index (χ4n) is 2.38. The molecule has 0 saturated carbocycles. The van der Waals surface area contributed by atoms with Gasteiger partial charge in [0.15, 0.2) is 0 Å². The van der Waals surface area contributed by atoms with Gasteiger partial charge in [-0.15, -0.1) is 0 Å². The fraction of sp³-hybridized carbons (Fsp3) is 0.333. The van der Waals surface area contributed by atoms with E-state index >= 15 is 0 Å². The van der Waals surface area contributed by atoms with Gasteiger partial charge >= 0.3 is 0 Å². The molecule has 2 rings (SSSR count). The maximum absolute atomic E-state index is 12.4. The molecule has 0 unspecified atom stereocenters. The Morgan fingerprint density at radius 3 is 2.43 bits per heavy atom. The first-order valence-electron chi connectivity index (χ1n) is 7.77. The lowest BCUT2D eigenvalue weighted by Crippen LogP contribution is -2.46. The molecule has 0 bridgehead atoms. The van der Waals surface area contributed by atoms with Crippen LogP contribution in [0, 0.1) is 0 Å². The second-order valence-electron chi connectivity index (χ2n) is 5.40. The highest BCUT2D eigenvalue weighted by Crippen LogP contribution is 2.19. The molecule has 1 aromatic heterocycles. The average Bonchev–Trinajstić information content (AvgIpc) is 3.07. The molecule has 0 aliphatic heterocycles. The van der Waals surface area contributed by atoms with Crippen LogP contribution < -0.4 is 10.6 Å². The molecule has 0 saturated heterocycles. The third kappa shape index (κ3) is 4.71. The van der Waals surface area contributed by atoms with Crippen molar-refractivity contribution in [3.05, 3.63) is 60.1 Å². The number of nitrogens with one attached hydrogen (secondary N) is 2. The summed E-state index contributed by atoms with van der Waals surface area (Å²) in [6.45, 7) is 3.94. The molecular formula is C18H22N2O3. The van der Waals surface area contributed by atoms with E-state index in [9.17, 15) is 9.59 Å². The molecule has 1 aromatic carbocycles. The van der Waals surface area contributed by atoms with Crippen LogP contribution in [0.15, 0.2) is 53.1 Å². The third-order valence-corrected chi connectivity index (χ3v) is 3.70. The van der Waals surface area contributed by atoms with Crippen LogP contribution in [0.1, 0.15) is 37.5 Å². The lowest BCUT2D eigenvalue weighted by molar-refractivity contribution is -0.129. The number of benzene rings is 1. The van der Waals surface area contributed by atoms with E-state index in [4.69, 9.17) is 4.42 Å². The molecule has 0 aliphatic rings. The van der Waals surface area contributed by atoms with E-state index in [1.807, 2.05) is 37.3 Å². The van der Waals surface area contributed by atoms with Crippen molar-refractivity contribution in [1.29, 1.82) is 0 Å². The highest BCUT2D eigenvalue weighted by molar-refractivity contribution is 5.90. The van der Waals surface area contributed by atoms with Gasteiger partial charge in [-0.1, -0.05) is 37.3 Å². The summed E-state index contributed by atoms with van der Waals surface area (Å²) in [5.41, 5.74) is 0.954. The van der Waals surface area contributed by atoms with Crippen molar-refractivity contribution in [3.63, 3.8) is 0 Å². The van der Waals surface area contributed by atoms with Gasteiger partial charge in [0.05, 0.1) is 18.7 Å². The molecule has 122 valence electrons. The smallest absolute Gasteiger partial charge is 0.242 e. The lowest BCUT2D eigenvalue weighted by atomic mass is 9.95. The van der Waals surface area contributed by atoms with E-state index in [2.05, 4.69) is 10.6 Å². The summed E-state index contributed by atoms with van der Waals surface area (Å²) in [6, 6.07) is 12.5. The van der Waals surface area contributed by atoms with Crippen LogP contribution >= 0.6 is 0 Å². The highest BCUT2D eigenvalue weighted by Gasteiger charge is 2.22. The minimum Gasteiger partial charge on any atom is -0.467 e. The van der Waals surface area contributed by atoms with Crippen molar-refractivity contribution in [1.82, 2.24) is 10.6 Å². The predicted molar refractivity (Wildman–Crippen MR) is 87.6 cm³/mol. The number of amides is 2. The summed E-state index contributed by atoms with van der Waals surface area (Å²) in [5, 5.41) is 5.52. The minimum atomic E-state index is -0.602. The molecule has 0 spiro atoms. The van der Waals surface area contributed by atoms with Crippen LogP contribution in [0.4, 0.5) is 0 Å². The number of hydrogen-bond donors (Lipinski definition) is 2. The Balaban J connectivity index is 1.88. The van der Waals surface area contributed by atoms with Crippen molar-refractivity contribution in [3.8, 4) is 0 Å². The van der Waals surface area contributed by atoms with Gasteiger partial charge in [0.25, 0.3) is 0 Å². The summed E-state index contributed by atoms with van der Waals surface area (Å²) >= 11 is 0. The van der Waals surface area contributed by atoms with Crippen LogP contribution in [0.2, 0.25) is 0 Å². The molecule has 0 radical (unpaired) electrons. The van der Waals surface area contributed by atoms with Gasteiger partial charge in [0.1, 0.15) is 11.8 Å². The Labute approximate surface area is 136 Å². The average molecular weight is 314 g/mol. The van der Waals surface area contributed by atoms with Crippen molar-refractivity contribution >= 4 is 11.8 Å². The normalized spacial score (nSPS) is 13.1. The van der Waals surface area contributed by atoms with Gasteiger partial charge in [-0.3, -0.25) is 9.59 Å². The van der Waals surface area contributed by atoms with Crippen molar-refractivity contribution in [2.24, 2.45) is 0 Å². The Bertz CT molecular complexity index is 623. The first kappa shape index (κ1) is 16.8. The molecule has 2 atom stereocenters. The fourth-order valence-corrected chi connectivity index (χ4v) is 2.38. The van der Waals surface area contributed by atoms with Crippen LogP contribution in [0.25, 0.3) is 0 Å². The second kappa shape index (κ2) is 8.17. The molecule has 2 amide bonds. The van der Waals surface area contributed by atoms with E-state index in [0.717, 1.165) is 5.56 Å². The van der Waals surface area contributed by atoms with E-state index in [0.29, 0.717) is 18.7 Å². The Hall–Kier alpha value is -2.56. The monoisotopic (exact) mass is 314 g/mol. The molecule has 2 N–H and O–H groups in total. The van der Waals surface area contributed by atoms with Crippen LogP contribution in [-0.4, -0.2) is 17.9 Å².